The molecular formula is C23H28N4O4S2. The second-order valence-electron chi connectivity index (χ2n) is 8.73. The second-order valence-corrected chi connectivity index (χ2v) is 12.1. The van der Waals surface area contributed by atoms with Crippen molar-refractivity contribution in [1.82, 2.24) is 9.66 Å². The van der Waals surface area contributed by atoms with E-state index in [9.17, 15) is 16.8 Å². The number of rotatable bonds is 6. The lowest BCUT2D eigenvalue weighted by molar-refractivity contribution is 0.404. The van der Waals surface area contributed by atoms with Gasteiger partial charge in [0.1, 0.15) is 0 Å². The average molecular weight is 489 g/mol. The minimum absolute atomic E-state index is 0.164. The Labute approximate surface area is 195 Å². The molecule has 0 saturated heterocycles. The molecule has 2 saturated carbocycles. The minimum atomic E-state index is -3.71. The van der Waals surface area contributed by atoms with E-state index >= 15 is 0 Å². The highest BCUT2D eigenvalue weighted by atomic mass is 32.2. The van der Waals surface area contributed by atoms with Crippen LogP contribution in [0.2, 0.25) is 0 Å². The molecule has 0 radical (unpaired) electrons. The van der Waals surface area contributed by atoms with Crippen molar-refractivity contribution in [2.45, 2.75) is 55.7 Å². The van der Waals surface area contributed by atoms with E-state index in [-0.39, 0.29) is 21.6 Å². The lowest BCUT2D eigenvalue weighted by Gasteiger charge is -2.36. The Hall–Kier alpha value is -2.72. The van der Waals surface area contributed by atoms with Crippen molar-refractivity contribution < 1.29 is 16.8 Å². The molecule has 8 nitrogen and oxygen atoms in total. The predicted molar refractivity (Wildman–Crippen MR) is 128 cm³/mol. The van der Waals surface area contributed by atoms with Gasteiger partial charge in [0.05, 0.1) is 9.79 Å². The van der Waals surface area contributed by atoms with Gasteiger partial charge in [0.25, 0.3) is 20.0 Å². The molecule has 0 amide bonds. The highest BCUT2D eigenvalue weighted by Gasteiger charge is 2.35. The molecule has 2 atom stereocenters. The molecular weight excluding hydrogens is 460 g/mol. The molecule has 4 rings (SSSR count). The number of hydrazone groups is 2. The van der Waals surface area contributed by atoms with Gasteiger partial charge >= 0.3 is 0 Å². The molecule has 10 heteroatoms. The zero-order chi connectivity index (χ0) is 23.6. The van der Waals surface area contributed by atoms with Crippen LogP contribution < -0.4 is 9.66 Å². The molecule has 2 fully saturated rings. The van der Waals surface area contributed by atoms with Crippen LogP contribution in [-0.4, -0.2) is 28.3 Å². The summed E-state index contributed by atoms with van der Waals surface area (Å²) in [5, 5.41) is 8.52. The first-order chi connectivity index (χ1) is 15.6. The SMILES string of the molecule is Cc1ccc(S(=O)(=O)N/N=C2/CC[C@@H]3C[C@@H]2CC/C3=N\NS(=O)(=O)c2ccc(C)cc2)cc1. The molecule has 2 aliphatic carbocycles. The fraction of sp³-hybridized carbons (Fsp3) is 0.391. The Kier molecular flexibility index (Phi) is 6.58. The Morgan fingerprint density at radius 2 is 1.03 bits per heavy atom. The molecule has 33 heavy (non-hydrogen) atoms. The first-order valence-corrected chi connectivity index (χ1v) is 13.9. The third kappa shape index (κ3) is 5.44. The van der Waals surface area contributed by atoms with Crippen LogP contribution in [0, 0.1) is 25.7 Å². The molecule has 176 valence electrons. The molecule has 2 aromatic carbocycles. The number of fused-ring (bicyclic) bond motifs is 2. The summed E-state index contributed by atoms with van der Waals surface area (Å²) in [5.74, 6) is 0.328. The van der Waals surface area contributed by atoms with E-state index in [0.717, 1.165) is 41.8 Å². The van der Waals surface area contributed by atoms with E-state index in [0.29, 0.717) is 12.8 Å². The number of hydrogen-bond acceptors (Lipinski definition) is 6. The van der Waals surface area contributed by atoms with Gasteiger partial charge in [-0.3, -0.25) is 0 Å². The maximum atomic E-state index is 12.5. The molecule has 0 spiro atoms. The van der Waals surface area contributed by atoms with Gasteiger partial charge in [0.15, 0.2) is 0 Å². The van der Waals surface area contributed by atoms with Gasteiger partial charge in [-0.25, -0.2) is 9.66 Å². The summed E-state index contributed by atoms with van der Waals surface area (Å²) in [4.78, 5) is 5.14. The summed E-state index contributed by atoms with van der Waals surface area (Å²) in [6.07, 6.45) is 3.60. The van der Waals surface area contributed by atoms with Gasteiger partial charge in [-0.05, 0) is 70.2 Å². The second kappa shape index (κ2) is 9.26. The smallest absolute Gasteiger partial charge is 0.200 e. The van der Waals surface area contributed by atoms with E-state index in [2.05, 4.69) is 19.9 Å². The zero-order valence-corrected chi connectivity index (χ0v) is 20.3. The van der Waals surface area contributed by atoms with Crippen molar-refractivity contribution in [2.75, 3.05) is 0 Å². The van der Waals surface area contributed by atoms with Crippen molar-refractivity contribution in [2.24, 2.45) is 22.0 Å². The molecule has 0 aliphatic heterocycles. The zero-order valence-electron chi connectivity index (χ0n) is 18.7. The minimum Gasteiger partial charge on any atom is -0.200 e. The van der Waals surface area contributed by atoms with Gasteiger partial charge in [-0.15, -0.1) is 0 Å². The number of sulfonamides is 2. The summed E-state index contributed by atoms with van der Waals surface area (Å²) < 4.78 is 50.1. The third-order valence-electron chi connectivity index (χ3n) is 6.29. The highest BCUT2D eigenvalue weighted by molar-refractivity contribution is 7.89. The highest BCUT2D eigenvalue weighted by Crippen LogP contribution is 2.37. The Morgan fingerprint density at radius 3 is 1.39 bits per heavy atom. The Balaban J connectivity index is 1.40. The first-order valence-electron chi connectivity index (χ1n) is 10.9. The Bertz CT molecular complexity index is 1180. The largest absolute Gasteiger partial charge is 0.276 e. The molecule has 0 unspecified atom stereocenters. The third-order valence-corrected chi connectivity index (χ3v) is 8.74. The van der Waals surface area contributed by atoms with Gasteiger partial charge < -0.3 is 0 Å². The molecule has 2 bridgehead atoms. The summed E-state index contributed by atoms with van der Waals surface area (Å²) in [6.45, 7) is 3.80. The van der Waals surface area contributed by atoms with E-state index < -0.39 is 20.0 Å². The number of nitrogens with zero attached hydrogens (tertiary/aromatic N) is 2. The molecule has 0 aromatic heterocycles. The maximum Gasteiger partial charge on any atom is 0.276 e. The van der Waals surface area contributed by atoms with Gasteiger partial charge in [0.2, 0.25) is 0 Å². The normalized spacial score (nSPS) is 23.5. The fourth-order valence-corrected chi connectivity index (χ4v) is 5.98. The van der Waals surface area contributed by atoms with Crippen molar-refractivity contribution in [3.05, 3.63) is 59.7 Å². The van der Waals surface area contributed by atoms with E-state index in [1.807, 2.05) is 13.8 Å². The number of benzene rings is 2. The van der Waals surface area contributed by atoms with Crippen molar-refractivity contribution in [1.29, 1.82) is 0 Å². The van der Waals surface area contributed by atoms with E-state index in [4.69, 9.17) is 0 Å². The van der Waals surface area contributed by atoms with Crippen LogP contribution in [0.1, 0.15) is 43.2 Å². The van der Waals surface area contributed by atoms with Crippen LogP contribution in [-0.2, 0) is 20.0 Å². The summed E-state index contributed by atoms with van der Waals surface area (Å²) in [7, 11) is -7.41. The number of aryl methyl sites for hydroxylation is 2. The van der Waals surface area contributed by atoms with Gasteiger partial charge in [-0.2, -0.15) is 27.0 Å². The van der Waals surface area contributed by atoms with Gasteiger partial charge in [-0.1, -0.05) is 35.4 Å². The monoisotopic (exact) mass is 488 g/mol. The van der Waals surface area contributed by atoms with Crippen LogP contribution in [0.4, 0.5) is 0 Å². The van der Waals surface area contributed by atoms with Crippen molar-refractivity contribution >= 4 is 31.5 Å². The van der Waals surface area contributed by atoms with Crippen LogP contribution in [0.3, 0.4) is 0 Å². The van der Waals surface area contributed by atoms with Crippen LogP contribution in [0.15, 0.2) is 68.5 Å². The average Bonchev–Trinajstić information content (AvgIpc) is 2.79. The van der Waals surface area contributed by atoms with E-state index in [1.54, 1.807) is 48.5 Å². The summed E-state index contributed by atoms with van der Waals surface area (Å²) in [6, 6.07) is 13.3. The number of hydrogen-bond donors (Lipinski definition) is 2. The van der Waals surface area contributed by atoms with Crippen molar-refractivity contribution in [3.63, 3.8) is 0 Å². The molecule has 2 N–H and O–H groups in total. The summed E-state index contributed by atoms with van der Waals surface area (Å²) >= 11 is 0. The summed E-state index contributed by atoms with van der Waals surface area (Å²) in [5.41, 5.74) is 3.67. The molecule has 2 aliphatic rings. The quantitative estimate of drug-likeness (QED) is 0.605. The topological polar surface area (TPSA) is 117 Å². The molecule has 0 heterocycles. The van der Waals surface area contributed by atoms with Crippen LogP contribution >= 0.6 is 0 Å². The predicted octanol–water partition coefficient (Wildman–Crippen LogP) is 3.48. The van der Waals surface area contributed by atoms with Crippen LogP contribution in [0.25, 0.3) is 0 Å². The first kappa shape index (κ1) is 23.4. The van der Waals surface area contributed by atoms with Crippen LogP contribution in [0.5, 0.6) is 0 Å². The lowest BCUT2D eigenvalue weighted by atomic mass is 9.70. The van der Waals surface area contributed by atoms with Gasteiger partial charge in [0, 0.05) is 23.3 Å². The standard InChI is InChI=1S/C23H28N4O4S2/c1-16-3-9-20(10-4-16)32(28,29)26-24-22-13-7-19-15-18(22)8-14-23(19)25-27-33(30,31)21-11-5-17(2)6-12-21/h3-6,9-12,18-19,26-27H,7-8,13-15H2,1-2H3/b24-22-,25-23+/t18-,19+/m0/s1. The Morgan fingerprint density at radius 1 is 0.667 bits per heavy atom. The van der Waals surface area contributed by atoms with Crippen molar-refractivity contribution in [3.8, 4) is 0 Å². The lowest BCUT2D eigenvalue weighted by Crippen LogP contribution is -2.37. The molecule has 2 aromatic rings. The van der Waals surface area contributed by atoms with E-state index in [1.165, 1.54) is 0 Å². The maximum absolute atomic E-state index is 12.5. The number of nitrogens with one attached hydrogen (secondary N) is 2. The fourth-order valence-electron chi connectivity index (χ4n) is 4.31.